The number of hydrogen-bond donors (Lipinski definition) is 1. The van der Waals surface area contributed by atoms with Crippen LogP contribution in [0.4, 0.5) is 0 Å². The van der Waals surface area contributed by atoms with Crippen molar-refractivity contribution >= 4 is 35.0 Å². The molecule has 0 atom stereocenters. The van der Waals surface area contributed by atoms with Gasteiger partial charge in [-0.15, -0.1) is 0 Å². The molecule has 0 radical (unpaired) electrons. The lowest BCUT2D eigenvalue weighted by atomic mass is 10.1. The lowest BCUT2D eigenvalue weighted by Gasteiger charge is -2.23. The molecule has 0 heterocycles. The molecule has 6 heteroatoms. The Kier molecular flexibility index (Phi) is 6.02. The Bertz CT molecular complexity index is 705. The van der Waals surface area contributed by atoms with Gasteiger partial charge in [-0.05, 0) is 17.7 Å². The van der Waals surface area contributed by atoms with Crippen LogP contribution in [0.5, 0.6) is 0 Å². The van der Waals surface area contributed by atoms with E-state index in [0.29, 0.717) is 17.1 Å². The third kappa shape index (κ3) is 4.71. The summed E-state index contributed by atoms with van der Waals surface area (Å²) in [5, 5.41) is 0.517. The molecule has 0 spiro atoms. The zero-order valence-electron chi connectivity index (χ0n) is 12.3. The third-order valence-corrected chi connectivity index (χ3v) is 4.13. The first-order chi connectivity index (χ1) is 11.0. The van der Waals surface area contributed by atoms with Gasteiger partial charge in [-0.1, -0.05) is 59.6 Å². The van der Waals surface area contributed by atoms with E-state index in [-0.39, 0.29) is 23.9 Å². The Morgan fingerprint density at radius 3 is 2.35 bits per heavy atom. The zero-order valence-corrected chi connectivity index (χ0v) is 13.8. The minimum atomic E-state index is -0.465. The normalized spacial score (nSPS) is 10.3. The highest BCUT2D eigenvalue weighted by atomic mass is 35.5. The van der Waals surface area contributed by atoms with Crippen LogP contribution < -0.4 is 5.73 Å². The highest BCUT2D eigenvalue weighted by molar-refractivity contribution is 6.43. The van der Waals surface area contributed by atoms with Gasteiger partial charge in [0.15, 0.2) is 0 Å². The van der Waals surface area contributed by atoms with Crippen molar-refractivity contribution in [3.05, 3.63) is 69.7 Å². The Morgan fingerprint density at radius 1 is 1.00 bits per heavy atom. The molecule has 2 aromatic carbocycles. The molecule has 0 bridgehead atoms. The van der Waals surface area contributed by atoms with E-state index in [9.17, 15) is 9.59 Å². The minimum Gasteiger partial charge on any atom is -0.370 e. The maximum atomic E-state index is 12.8. The van der Waals surface area contributed by atoms with Crippen molar-refractivity contribution in [1.82, 2.24) is 4.90 Å². The first kappa shape index (κ1) is 17.3. The predicted octanol–water partition coefficient (Wildman–Crippen LogP) is 3.51. The van der Waals surface area contributed by atoms with Gasteiger partial charge in [-0.25, -0.2) is 0 Å². The number of halogens is 2. The molecule has 0 saturated carbocycles. The summed E-state index contributed by atoms with van der Waals surface area (Å²) in [6.45, 7) is 0.571. The summed E-state index contributed by atoms with van der Waals surface area (Å²) in [5.74, 6) is -0.754. The van der Waals surface area contributed by atoms with Gasteiger partial charge in [-0.3, -0.25) is 9.59 Å². The zero-order chi connectivity index (χ0) is 16.8. The maximum Gasteiger partial charge on any atom is 0.255 e. The summed E-state index contributed by atoms with van der Waals surface area (Å²) in [4.78, 5) is 25.4. The summed E-state index contributed by atoms with van der Waals surface area (Å²) in [6.07, 6.45) is 0.0801. The van der Waals surface area contributed by atoms with Crippen LogP contribution in [-0.4, -0.2) is 23.3 Å². The van der Waals surface area contributed by atoms with E-state index in [1.165, 1.54) is 4.90 Å². The number of carbonyl (C=O) groups excluding carboxylic acids is 2. The molecule has 0 unspecified atom stereocenters. The third-order valence-electron chi connectivity index (χ3n) is 3.31. The first-order valence-corrected chi connectivity index (χ1v) is 7.80. The molecule has 2 N–H and O–H groups in total. The van der Waals surface area contributed by atoms with Gasteiger partial charge in [0.05, 0.1) is 15.6 Å². The molecule has 0 aliphatic heterocycles. The van der Waals surface area contributed by atoms with Crippen molar-refractivity contribution in [2.75, 3.05) is 6.54 Å². The average Bonchev–Trinajstić information content (AvgIpc) is 2.54. The summed E-state index contributed by atoms with van der Waals surface area (Å²) in [7, 11) is 0. The molecule has 2 amide bonds. The average molecular weight is 351 g/mol. The largest absolute Gasteiger partial charge is 0.370 e. The second-order valence-corrected chi connectivity index (χ2v) is 5.82. The number of benzene rings is 2. The quantitative estimate of drug-likeness (QED) is 0.866. The van der Waals surface area contributed by atoms with Crippen molar-refractivity contribution in [3.8, 4) is 0 Å². The van der Waals surface area contributed by atoms with Crippen LogP contribution in [0, 0.1) is 0 Å². The summed E-state index contributed by atoms with van der Waals surface area (Å²) >= 11 is 12.1. The van der Waals surface area contributed by atoms with Gasteiger partial charge >= 0.3 is 0 Å². The molecule has 2 rings (SSSR count). The molecule has 0 fully saturated rings. The van der Waals surface area contributed by atoms with Crippen LogP contribution in [0.15, 0.2) is 48.5 Å². The van der Waals surface area contributed by atoms with Gasteiger partial charge in [0.2, 0.25) is 5.91 Å². The van der Waals surface area contributed by atoms with E-state index in [1.54, 1.807) is 18.2 Å². The molecule has 0 aliphatic rings. The highest BCUT2D eigenvalue weighted by Gasteiger charge is 2.20. The van der Waals surface area contributed by atoms with E-state index < -0.39 is 5.91 Å². The van der Waals surface area contributed by atoms with Crippen molar-refractivity contribution < 1.29 is 9.59 Å². The molecular formula is C17H16Cl2N2O2. The maximum absolute atomic E-state index is 12.8. The lowest BCUT2D eigenvalue weighted by Crippen LogP contribution is -2.33. The Balaban J connectivity index is 2.26. The van der Waals surface area contributed by atoms with Crippen LogP contribution in [0.25, 0.3) is 0 Å². The molecule has 23 heavy (non-hydrogen) atoms. The lowest BCUT2D eigenvalue weighted by molar-refractivity contribution is -0.118. The molecule has 4 nitrogen and oxygen atoms in total. The summed E-state index contributed by atoms with van der Waals surface area (Å²) in [6, 6.07) is 14.4. The van der Waals surface area contributed by atoms with Crippen LogP contribution >= 0.6 is 23.2 Å². The van der Waals surface area contributed by atoms with E-state index in [4.69, 9.17) is 28.9 Å². The second kappa shape index (κ2) is 7.99. The molecule has 2 aromatic rings. The van der Waals surface area contributed by atoms with Gasteiger partial charge < -0.3 is 10.6 Å². The van der Waals surface area contributed by atoms with Crippen molar-refractivity contribution in [2.45, 2.75) is 13.0 Å². The Hall–Kier alpha value is -2.04. The van der Waals surface area contributed by atoms with Gasteiger partial charge in [0, 0.05) is 19.5 Å². The van der Waals surface area contributed by atoms with E-state index >= 15 is 0 Å². The Labute approximate surface area is 144 Å². The SMILES string of the molecule is NC(=O)CCN(Cc1ccccc1)C(=O)c1cccc(Cl)c1Cl. The number of carbonyl (C=O) groups is 2. The van der Waals surface area contributed by atoms with Crippen LogP contribution in [0.1, 0.15) is 22.3 Å². The Morgan fingerprint density at radius 2 is 1.70 bits per heavy atom. The molecule has 0 aromatic heterocycles. The van der Waals surface area contributed by atoms with Gasteiger partial charge in [0.1, 0.15) is 0 Å². The number of nitrogens with two attached hydrogens (primary N) is 1. The molecule has 0 saturated heterocycles. The van der Waals surface area contributed by atoms with E-state index in [0.717, 1.165) is 5.56 Å². The fourth-order valence-electron chi connectivity index (χ4n) is 2.14. The predicted molar refractivity (Wildman–Crippen MR) is 91.5 cm³/mol. The number of rotatable bonds is 6. The standard InChI is InChI=1S/C17H16Cl2N2O2/c18-14-8-4-7-13(16(14)19)17(23)21(10-9-15(20)22)11-12-5-2-1-3-6-12/h1-8H,9-11H2,(H2,20,22). The summed E-state index contributed by atoms with van der Waals surface area (Å²) < 4.78 is 0. The number of primary amides is 1. The van der Waals surface area contributed by atoms with Crippen LogP contribution in [0.3, 0.4) is 0 Å². The number of amides is 2. The fraction of sp³-hybridized carbons (Fsp3) is 0.176. The smallest absolute Gasteiger partial charge is 0.255 e. The van der Waals surface area contributed by atoms with Gasteiger partial charge in [0.25, 0.3) is 5.91 Å². The van der Waals surface area contributed by atoms with Crippen LogP contribution in [0.2, 0.25) is 10.0 Å². The summed E-state index contributed by atoms with van der Waals surface area (Å²) in [5.41, 5.74) is 6.46. The van der Waals surface area contributed by atoms with E-state index in [1.807, 2.05) is 30.3 Å². The number of nitrogens with zero attached hydrogens (tertiary/aromatic N) is 1. The van der Waals surface area contributed by atoms with Crippen molar-refractivity contribution in [3.63, 3.8) is 0 Å². The highest BCUT2D eigenvalue weighted by Crippen LogP contribution is 2.27. The second-order valence-electron chi connectivity index (χ2n) is 5.03. The number of hydrogen-bond acceptors (Lipinski definition) is 2. The van der Waals surface area contributed by atoms with Crippen LogP contribution in [-0.2, 0) is 11.3 Å². The molecule has 0 aliphatic carbocycles. The topological polar surface area (TPSA) is 63.4 Å². The van der Waals surface area contributed by atoms with Crippen molar-refractivity contribution in [1.29, 1.82) is 0 Å². The fourth-order valence-corrected chi connectivity index (χ4v) is 2.52. The van der Waals surface area contributed by atoms with Gasteiger partial charge in [-0.2, -0.15) is 0 Å². The molecule has 120 valence electrons. The van der Waals surface area contributed by atoms with E-state index in [2.05, 4.69) is 0 Å². The minimum absolute atomic E-state index is 0.0801. The first-order valence-electron chi connectivity index (χ1n) is 7.04. The monoisotopic (exact) mass is 350 g/mol. The van der Waals surface area contributed by atoms with Crippen molar-refractivity contribution in [2.24, 2.45) is 5.73 Å². The molecular weight excluding hydrogens is 335 g/mol.